The molecule has 0 aliphatic carbocycles. The van der Waals surface area contributed by atoms with E-state index in [9.17, 15) is 9.59 Å². The number of ether oxygens (including phenoxy) is 1. The van der Waals surface area contributed by atoms with Gasteiger partial charge in [-0.1, -0.05) is 89.8 Å². The number of aliphatic carboxylic acids is 1. The molecule has 2 heterocycles. The summed E-state index contributed by atoms with van der Waals surface area (Å²) in [6.45, 7) is 11.4. The Labute approximate surface area is 266 Å². The van der Waals surface area contributed by atoms with Crippen molar-refractivity contribution in [2.75, 3.05) is 6.61 Å². The van der Waals surface area contributed by atoms with Crippen molar-refractivity contribution < 1.29 is 19.4 Å². The van der Waals surface area contributed by atoms with Crippen LogP contribution in [0.3, 0.4) is 0 Å². The van der Waals surface area contributed by atoms with Crippen molar-refractivity contribution in [3.8, 4) is 28.1 Å². The average Bonchev–Trinajstić information content (AvgIpc) is 3.51. The predicted octanol–water partition coefficient (Wildman–Crippen LogP) is 9.23. The molecule has 0 saturated carbocycles. The molecule has 0 aliphatic rings. The summed E-state index contributed by atoms with van der Waals surface area (Å²) in [7, 11) is 0. The summed E-state index contributed by atoms with van der Waals surface area (Å²) in [6, 6.07) is 22.1. The summed E-state index contributed by atoms with van der Waals surface area (Å²) in [5.41, 5.74) is 11.6. The average molecular weight is 615 g/mol. The Morgan fingerprint density at radius 3 is 2.09 bits per heavy atom. The van der Waals surface area contributed by atoms with Crippen LogP contribution in [0.4, 0.5) is 0 Å². The van der Waals surface area contributed by atoms with E-state index in [1.807, 2.05) is 48.7 Å². The molecule has 0 radical (unpaired) electrons. The van der Waals surface area contributed by atoms with Crippen LogP contribution >= 0.6 is 11.3 Å². The number of nitrogens with zero attached hydrogens (tertiary/aromatic N) is 1. The van der Waals surface area contributed by atoms with Gasteiger partial charge in [0, 0.05) is 28.6 Å². The zero-order valence-corrected chi connectivity index (χ0v) is 27.5. The number of aromatic nitrogens is 1. The van der Waals surface area contributed by atoms with Crippen molar-refractivity contribution in [2.24, 2.45) is 5.73 Å². The van der Waals surface area contributed by atoms with Crippen molar-refractivity contribution in [3.05, 3.63) is 93.8 Å². The molecular formula is C37H46N2O4S. The van der Waals surface area contributed by atoms with Gasteiger partial charge in [-0.05, 0) is 72.2 Å². The molecule has 0 saturated heterocycles. The van der Waals surface area contributed by atoms with E-state index in [2.05, 4.69) is 52.8 Å². The molecule has 234 valence electrons. The monoisotopic (exact) mass is 614 g/mol. The van der Waals surface area contributed by atoms with Crippen molar-refractivity contribution >= 4 is 23.2 Å². The normalized spacial score (nSPS) is 11.0. The highest BCUT2D eigenvalue weighted by atomic mass is 32.1. The fourth-order valence-electron chi connectivity index (χ4n) is 4.63. The number of carboxylic acids is 1. The molecular weight excluding hydrogens is 568 g/mol. The second-order valence-corrected chi connectivity index (χ2v) is 13.1. The van der Waals surface area contributed by atoms with Crippen molar-refractivity contribution in [1.29, 1.82) is 0 Å². The molecule has 0 bridgehead atoms. The van der Waals surface area contributed by atoms with Gasteiger partial charge in [0.15, 0.2) is 0 Å². The van der Waals surface area contributed by atoms with E-state index in [4.69, 9.17) is 20.6 Å². The minimum absolute atomic E-state index is 0.109. The van der Waals surface area contributed by atoms with E-state index in [1.54, 1.807) is 6.07 Å². The maximum absolute atomic E-state index is 10.8. The number of carbonyl (C=O) groups is 2. The lowest BCUT2D eigenvalue weighted by atomic mass is 9.95. The number of primary amides is 1. The zero-order valence-electron chi connectivity index (χ0n) is 26.7. The lowest BCUT2D eigenvalue weighted by Crippen LogP contribution is -2.09. The van der Waals surface area contributed by atoms with Crippen LogP contribution in [0.5, 0.6) is 5.75 Å². The summed E-state index contributed by atoms with van der Waals surface area (Å²) in [4.78, 5) is 28.1. The maximum Gasteiger partial charge on any atom is 0.303 e. The number of unbranched alkanes of at least 4 members (excludes halogenated alkanes) is 4. The second-order valence-electron chi connectivity index (χ2n) is 12.0. The first-order valence-electron chi connectivity index (χ1n) is 15.4. The fraction of sp³-hybridized carbons (Fsp3) is 0.378. The molecule has 3 N–H and O–H groups in total. The van der Waals surface area contributed by atoms with Gasteiger partial charge in [0.25, 0.3) is 5.91 Å². The van der Waals surface area contributed by atoms with Gasteiger partial charge in [0.05, 0.1) is 17.2 Å². The number of amides is 1. The van der Waals surface area contributed by atoms with Crippen LogP contribution in [0.1, 0.15) is 91.9 Å². The summed E-state index contributed by atoms with van der Waals surface area (Å²) in [6.07, 6.45) is 8.78. The van der Waals surface area contributed by atoms with Crippen LogP contribution in [-0.4, -0.2) is 28.6 Å². The number of carbonyl (C=O) groups excluding carboxylic acids is 1. The molecule has 7 heteroatoms. The first-order chi connectivity index (χ1) is 21.0. The molecule has 4 rings (SSSR count). The highest BCUT2D eigenvalue weighted by molar-refractivity contribution is 7.14. The summed E-state index contributed by atoms with van der Waals surface area (Å²) < 4.78 is 5.87. The quantitative estimate of drug-likeness (QED) is 0.146. The van der Waals surface area contributed by atoms with E-state index < -0.39 is 5.97 Å². The Kier molecular flexibility index (Phi) is 13.2. The zero-order chi connectivity index (χ0) is 32.1. The fourth-order valence-corrected chi connectivity index (χ4v) is 5.54. The Bertz CT molecular complexity index is 1490. The Morgan fingerprint density at radius 1 is 0.886 bits per heavy atom. The van der Waals surface area contributed by atoms with E-state index in [0.717, 1.165) is 52.3 Å². The number of hydrogen-bond acceptors (Lipinski definition) is 5. The van der Waals surface area contributed by atoms with Crippen LogP contribution in [0, 0.1) is 6.92 Å². The van der Waals surface area contributed by atoms with Crippen LogP contribution in [0.15, 0.2) is 72.9 Å². The van der Waals surface area contributed by atoms with Crippen LogP contribution in [-0.2, 0) is 16.6 Å². The predicted molar refractivity (Wildman–Crippen MR) is 182 cm³/mol. The minimum atomic E-state index is -0.774. The highest BCUT2D eigenvalue weighted by Gasteiger charge is 2.17. The van der Waals surface area contributed by atoms with Crippen LogP contribution in [0.25, 0.3) is 22.4 Å². The van der Waals surface area contributed by atoms with Crippen LogP contribution in [0.2, 0.25) is 0 Å². The molecule has 4 aromatic rings. The smallest absolute Gasteiger partial charge is 0.303 e. The van der Waals surface area contributed by atoms with E-state index in [1.165, 1.54) is 41.9 Å². The minimum Gasteiger partial charge on any atom is -0.494 e. The third-order valence-corrected chi connectivity index (χ3v) is 8.75. The maximum atomic E-state index is 10.8. The largest absolute Gasteiger partial charge is 0.494 e. The van der Waals surface area contributed by atoms with Gasteiger partial charge in [-0.15, -0.1) is 11.3 Å². The number of aryl methyl sites for hydroxylation is 2. The molecule has 6 nitrogen and oxygen atoms in total. The number of nitrogens with two attached hydrogens (primary N) is 1. The third kappa shape index (κ3) is 10.9. The Balaban J connectivity index is 0.000000369. The van der Waals surface area contributed by atoms with Crippen molar-refractivity contribution in [3.63, 3.8) is 0 Å². The first-order valence-corrected chi connectivity index (χ1v) is 16.2. The molecule has 1 amide bonds. The molecule has 0 aliphatic heterocycles. The summed E-state index contributed by atoms with van der Waals surface area (Å²) in [5, 5.41) is 8.84. The SMILES string of the molecule is CC(C)(C)c1ccc(C(N)=O)s1.CCCCCCCOc1ccc(-c2cnc(-c3ccc(CCC(=O)O)cc3)c(C)c2)cc1. The van der Waals surface area contributed by atoms with Gasteiger partial charge in [-0.3, -0.25) is 14.6 Å². The molecule has 0 spiro atoms. The van der Waals surface area contributed by atoms with E-state index in [0.29, 0.717) is 11.3 Å². The van der Waals surface area contributed by atoms with Crippen LogP contribution < -0.4 is 10.5 Å². The van der Waals surface area contributed by atoms with E-state index in [-0.39, 0.29) is 17.7 Å². The lowest BCUT2D eigenvalue weighted by molar-refractivity contribution is -0.136. The standard InChI is InChI=1S/C28H33NO3.C9H13NOS/c1-3-4-5-6-7-18-32-26-15-13-23(14-16-26)25-19-21(2)28(29-20-25)24-11-8-22(9-12-24)10-17-27(30)31;1-9(2,3)7-5-4-6(12-7)8(10)11/h8-9,11-16,19-20H,3-7,10,17-18H2,1-2H3,(H,30,31);4-5H,1-3H3,(H2,10,11). The lowest BCUT2D eigenvalue weighted by Gasteiger charge is -2.14. The van der Waals surface area contributed by atoms with Gasteiger partial charge in [-0.2, -0.15) is 0 Å². The van der Waals surface area contributed by atoms with Gasteiger partial charge >= 0.3 is 5.97 Å². The van der Waals surface area contributed by atoms with Gasteiger partial charge in [-0.25, -0.2) is 0 Å². The first kappa shape index (κ1) is 34.5. The number of carboxylic acid groups (broad SMARTS) is 1. The summed E-state index contributed by atoms with van der Waals surface area (Å²) >= 11 is 1.47. The highest BCUT2D eigenvalue weighted by Crippen LogP contribution is 2.30. The van der Waals surface area contributed by atoms with Gasteiger partial charge < -0.3 is 15.6 Å². The molecule has 2 aromatic heterocycles. The number of hydrogen-bond donors (Lipinski definition) is 2. The number of thiophene rings is 1. The van der Waals surface area contributed by atoms with E-state index >= 15 is 0 Å². The Morgan fingerprint density at radius 2 is 1.55 bits per heavy atom. The molecule has 44 heavy (non-hydrogen) atoms. The number of rotatable bonds is 13. The topological polar surface area (TPSA) is 103 Å². The molecule has 0 fully saturated rings. The van der Waals surface area contributed by atoms with Gasteiger partial charge in [0.2, 0.25) is 0 Å². The van der Waals surface area contributed by atoms with Gasteiger partial charge in [0.1, 0.15) is 5.75 Å². The summed E-state index contributed by atoms with van der Waals surface area (Å²) in [5.74, 6) is -0.201. The van der Waals surface area contributed by atoms with Crippen molar-refractivity contribution in [2.45, 2.75) is 85.0 Å². The molecule has 2 aromatic carbocycles. The van der Waals surface area contributed by atoms with Crippen molar-refractivity contribution in [1.82, 2.24) is 4.98 Å². The molecule has 0 atom stereocenters. The number of benzene rings is 2. The number of pyridine rings is 1. The second kappa shape index (κ2) is 16.8. The molecule has 0 unspecified atom stereocenters. The Hall–Kier alpha value is -3.97. The third-order valence-electron chi connectivity index (χ3n) is 7.23.